The Labute approximate surface area is 292 Å². The number of esters is 2. The molecule has 278 valence electrons. The zero-order valence-corrected chi connectivity index (χ0v) is 31.1. The van der Waals surface area contributed by atoms with Gasteiger partial charge in [-0.05, 0) is 51.4 Å². The van der Waals surface area contributed by atoms with Gasteiger partial charge in [0.1, 0.15) is 6.61 Å². The average Bonchev–Trinajstić information content (AvgIpc) is 3.07. The standard InChI is InChI=1S/C38H68NO8P/c1-3-5-7-9-11-13-15-17-18-19-21-22-24-26-28-30-37(40)44-34-36(35-46-48(42,43)45-33-32-39)47-38(41)31-29-27-25-23-20-16-14-12-10-8-6-4-2/h5,7,11,13,17-18,21-22,36H,3-4,6,8-10,12,14-16,19-20,23-35,39H2,1-2H3,(H,42,43)/t36-/m1/s1. The van der Waals surface area contributed by atoms with Crippen molar-refractivity contribution in [2.45, 2.75) is 155 Å². The summed E-state index contributed by atoms with van der Waals surface area (Å²) in [5.41, 5.74) is 5.32. The SMILES string of the molecule is CCC=CCC=CCC=CCC=CCCCCC(=O)OC[C@H](COP(=O)(O)OCCN)OC(=O)CCCCCCCCCCCCCC. The minimum absolute atomic E-state index is 0.0469. The predicted molar refractivity (Wildman–Crippen MR) is 196 cm³/mol. The largest absolute Gasteiger partial charge is 0.472 e. The summed E-state index contributed by atoms with van der Waals surface area (Å²) < 4.78 is 32.6. The fourth-order valence-corrected chi connectivity index (χ4v) is 5.51. The van der Waals surface area contributed by atoms with E-state index < -0.39 is 32.5 Å². The molecule has 48 heavy (non-hydrogen) atoms. The van der Waals surface area contributed by atoms with Crippen molar-refractivity contribution >= 4 is 19.8 Å². The molecule has 0 aromatic rings. The van der Waals surface area contributed by atoms with Crippen LogP contribution in [0.4, 0.5) is 0 Å². The van der Waals surface area contributed by atoms with Crippen molar-refractivity contribution in [3.8, 4) is 0 Å². The second-order valence-electron chi connectivity index (χ2n) is 12.1. The molecule has 0 saturated heterocycles. The molecule has 0 aromatic carbocycles. The molecule has 0 aliphatic heterocycles. The maximum atomic E-state index is 12.5. The molecule has 2 atom stereocenters. The third-order valence-corrected chi connectivity index (χ3v) is 8.46. The van der Waals surface area contributed by atoms with Gasteiger partial charge in [0.2, 0.25) is 0 Å². The Morgan fingerprint density at radius 3 is 1.71 bits per heavy atom. The van der Waals surface area contributed by atoms with Gasteiger partial charge in [0, 0.05) is 19.4 Å². The van der Waals surface area contributed by atoms with Crippen molar-refractivity contribution in [3.63, 3.8) is 0 Å². The lowest BCUT2D eigenvalue weighted by molar-refractivity contribution is -0.161. The first-order valence-corrected chi connectivity index (χ1v) is 20.1. The molecule has 0 aromatic heterocycles. The first-order valence-electron chi connectivity index (χ1n) is 18.6. The van der Waals surface area contributed by atoms with Gasteiger partial charge in [0.05, 0.1) is 13.2 Å². The molecule has 0 heterocycles. The number of phosphoric acid groups is 1. The van der Waals surface area contributed by atoms with Crippen molar-refractivity contribution in [1.82, 2.24) is 0 Å². The lowest BCUT2D eigenvalue weighted by atomic mass is 10.0. The molecule has 0 aliphatic carbocycles. The minimum atomic E-state index is -4.38. The molecule has 0 bridgehead atoms. The molecular weight excluding hydrogens is 629 g/mol. The first-order chi connectivity index (χ1) is 23.3. The van der Waals surface area contributed by atoms with E-state index in [-0.39, 0.29) is 32.6 Å². The van der Waals surface area contributed by atoms with Crippen LogP contribution in [0.15, 0.2) is 48.6 Å². The summed E-state index contributed by atoms with van der Waals surface area (Å²) in [6.45, 7) is 3.54. The summed E-state index contributed by atoms with van der Waals surface area (Å²) in [5.74, 6) is -0.881. The van der Waals surface area contributed by atoms with Crippen LogP contribution in [0, 0.1) is 0 Å². The van der Waals surface area contributed by atoms with Gasteiger partial charge in [-0.3, -0.25) is 18.6 Å². The van der Waals surface area contributed by atoms with Crippen molar-refractivity contribution in [3.05, 3.63) is 48.6 Å². The maximum absolute atomic E-state index is 12.5. The van der Waals surface area contributed by atoms with Gasteiger partial charge in [-0.15, -0.1) is 0 Å². The van der Waals surface area contributed by atoms with E-state index in [0.717, 1.165) is 57.8 Å². The molecule has 0 aliphatic rings. The second-order valence-corrected chi connectivity index (χ2v) is 13.5. The number of carbonyl (C=O) groups excluding carboxylic acids is 2. The second kappa shape index (κ2) is 34.8. The lowest BCUT2D eigenvalue weighted by Gasteiger charge is -2.19. The van der Waals surface area contributed by atoms with E-state index in [9.17, 15) is 19.0 Å². The third-order valence-electron chi connectivity index (χ3n) is 7.48. The van der Waals surface area contributed by atoms with Crippen LogP contribution in [0.5, 0.6) is 0 Å². The summed E-state index contributed by atoms with van der Waals surface area (Å²) in [7, 11) is -4.38. The highest BCUT2D eigenvalue weighted by molar-refractivity contribution is 7.47. The Balaban J connectivity index is 4.31. The highest BCUT2D eigenvalue weighted by atomic mass is 31.2. The molecule has 0 amide bonds. The fraction of sp³-hybridized carbons (Fsp3) is 0.737. The highest BCUT2D eigenvalue weighted by Gasteiger charge is 2.25. The number of unbranched alkanes of at least 4 members (excludes halogenated alkanes) is 13. The normalized spacial score (nSPS) is 14.0. The maximum Gasteiger partial charge on any atom is 0.472 e. The number of hydrogen-bond donors (Lipinski definition) is 2. The molecule has 0 rings (SSSR count). The molecule has 0 spiro atoms. The molecule has 3 N–H and O–H groups in total. The number of nitrogens with two attached hydrogens (primary N) is 1. The third kappa shape index (κ3) is 33.9. The zero-order chi connectivity index (χ0) is 35.4. The summed E-state index contributed by atoms with van der Waals surface area (Å²) in [4.78, 5) is 34.6. The van der Waals surface area contributed by atoms with E-state index in [1.54, 1.807) is 0 Å². The molecule has 10 heteroatoms. The van der Waals surface area contributed by atoms with Crippen molar-refractivity contribution in [1.29, 1.82) is 0 Å². The molecular formula is C38H68NO8P. The molecule has 1 unspecified atom stereocenters. The Morgan fingerprint density at radius 2 is 1.15 bits per heavy atom. The number of hydrogen-bond acceptors (Lipinski definition) is 8. The van der Waals surface area contributed by atoms with Gasteiger partial charge in [0.25, 0.3) is 0 Å². The van der Waals surface area contributed by atoms with E-state index >= 15 is 0 Å². The smallest absolute Gasteiger partial charge is 0.462 e. The Hall–Kier alpha value is -2.03. The van der Waals surface area contributed by atoms with Crippen molar-refractivity contribution in [2.24, 2.45) is 5.73 Å². The van der Waals surface area contributed by atoms with E-state index in [2.05, 4.69) is 62.5 Å². The number of phosphoric ester groups is 1. The van der Waals surface area contributed by atoms with Gasteiger partial charge >= 0.3 is 19.8 Å². The van der Waals surface area contributed by atoms with Crippen molar-refractivity contribution < 1.29 is 37.6 Å². The minimum Gasteiger partial charge on any atom is -0.462 e. The van der Waals surface area contributed by atoms with Crippen LogP contribution in [0.25, 0.3) is 0 Å². The van der Waals surface area contributed by atoms with Crippen molar-refractivity contribution in [2.75, 3.05) is 26.4 Å². The molecule has 0 fully saturated rings. The molecule has 9 nitrogen and oxygen atoms in total. The topological polar surface area (TPSA) is 134 Å². The fourth-order valence-electron chi connectivity index (χ4n) is 4.74. The number of ether oxygens (including phenoxy) is 2. The van der Waals surface area contributed by atoms with Crippen LogP contribution in [-0.2, 0) is 32.7 Å². The predicted octanol–water partition coefficient (Wildman–Crippen LogP) is 9.99. The van der Waals surface area contributed by atoms with Crippen LogP contribution in [-0.4, -0.2) is 49.3 Å². The number of allylic oxidation sites excluding steroid dienone is 8. The van der Waals surface area contributed by atoms with E-state index in [1.807, 2.05) is 0 Å². The zero-order valence-electron chi connectivity index (χ0n) is 30.2. The summed E-state index contributed by atoms with van der Waals surface area (Å²) in [6.07, 6.45) is 37.2. The van der Waals surface area contributed by atoms with Crippen LogP contribution in [0.2, 0.25) is 0 Å². The summed E-state index contributed by atoms with van der Waals surface area (Å²) in [6, 6.07) is 0. The van der Waals surface area contributed by atoms with E-state index in [4.69, 9.17) is 24.3 Å². The van der Waals surface area contributed by atoms with Gasteiger partial charge in [-0.1, -0.05) is 133 Å². The quantitative estimate of drug-likeness (QED) is 0.0291. The van der Waals surface area contributed by atoms with Gasteiger partial charge in [0.15, 0.2) is 6.10 Å². The molecule has 0 saturated carbocycles. The van der Waals surface area contributed by atoms with E-state index in [1.165, 1.54) is 51.4 Å². The Morgan fingerprint density at radius 1 is 0.646 bits per heavy atom. The molecule has 0 radical (unpaired) electrons. The van der Waals surface area contributed by atoms with Crippen LogP contribution < -0.4 is 5.73 Å². The monoisotopic (exact) mass is 697 g/mol. The van der Waals surface area contributed by atoms with Gasteiger partial charge in [-0.25, -0.2) is 4.57 Å². The van der Waals surface area contributed by atoms with Crippen LogP contribution in [0.1, 0.15) is 149 Å². The van der Waals surface area contributed by atoms with Gasteiger partial charge in [-0.2, -0.15) is 0 Å². The van der Waals surface area contributed by atoms with E-state index in [0.29, 0.717) is 12.8 Å². The Kier molecular flexibility index (Phi) is 33.3. The summed E-state index contributed by atoms with van der Waals surface area (Å²) in [5, 5.41) is 0. The number of rotatable bonds is 34. The first kappa shape index (κ1) is 46.0. The Bertz CT molecular complexity index is 934. The average molecular weight is 698 g/mol. The highest BCUT2D eigenvalue weighted by Crippen LogP contribution is 2.43. The number of carbonyl (C=O) groups is 2. The lowest BCUT2D eigenvalue weighted by Crippen LogP contribution is -2.29. The summed E-state index contributed by atoms with van der Waals surface area (Å²) >= 11 is 0. The van der Waals surface area contributed by atoms with Gasteiger partial charge < -0.3 is 20.1 Å². The van der Waals surface area contributed by atoms with Crippen LogP contribution in [0.3, 0.4) is 0 Å². The van der Waals surface area contributed by atoms with Crippen LogP contribution >= 0.6 is 7.82 Å².